The summed E-state index contributed by atoms with van der Waals surface area (Å²) in [5.41, 5.74) is 0.813. The molecule has 0 radical (unpaired) electrons. The number of aromatic nitrogens is 3. The molecule has 5 aliphatic rings. The summed E-state index contributed by atoms with van der Waals surface area (Å²) in [4.78, 5) is 14.1. The number of benzene rings is 2. The van der Waals surface area contributed by atoms with Crippen molar-refractivity contribution in [2.45, 2.75) is 42.5 Å². The van der Waals surface area contributed by atoms with Crippen LogP contribution in [0.3, 0.4) is 0 Å². The lowest BCUT2D eigenvalue weighted by Gasteiger charge is -2.60. The maximum Gasteiger partial charge on any atom is 0.265 e. The van der Waals surface area contributed by atoms with Crippen LogP contribution in [0.15, 0.2) is 53.6 Å². The molecule has 14 heteroatoms. The summed E-state index contributed by atoms with van der Waals surface area (Å²) in [6.07, 6.45) is 4.70. The zero-order valence-corrected chi connectivity index (χ0v) is 25.9. The zero-order chi connectivity index (χ0) is 30.6. The van der Waals surface area contributed by atoms with Crippen LogP contribution >= 0.6 is 11.3 Å². The summed E-state index contributed by atoms with van der Waals surface area (Å²) in [6, 6.07) is 10.0. The van der Waals surface area contributed by atoms with E-state index in [9.17, 15) is 21.2 Å². The molecule has 2 N–H and O–H groups in total. The second-order valence-electron chi connectivity index (χ2n) is 12.5. The van der Waals surface area contributed by atoms with Crippen molar-refractivity contribution in [1.29, 1.82) is 0 Å². The fraction of sp³-hybridized carbons (Fsp3) is 0.367. The molecule has 5 fully saturated rings. The van der Waals surface area contributed by atoms with Gasteiger partial charge in [-0.3, -0.25) is 4.72 Å². The number of fused-ring (bicyclic) bond motifs is 1. The number of rotatable bonds is 8. The summed E-state index contributed by atoms with van der Waals surface area (Å²) < 4.78 is 83.1. The number of hydrogen-bond acceptors (Lipinski definition) is 9. The van der Waals surface area contributed by atoms with Crippen molar-refractivity contribution in [3.8, 4) is 21.8 Å². The van der Waals surface area contributed by atoms with Gasteiger partial charge in [-0.2, -0.15) is 0 Å². The lowest BCUT2D eigenvalue weighted by molar-refractivity contribution is -0.0274. The first-order valence-electron chi connectivity index (χ1n) is 14.3. The Bertz CT molecular complexity index is 2030. The molecule has 1 saturated heterocycles. The van der Waals surface area contributed by atoms with Gasteiger partial charge in [-0.1, -0.05) is 18.2 Å². The first kappa shape index (κ1) is 28.0. The number of sulfonamides is 1. The molecule has 0 amide bonds. The van der Waals surface area contributed by atoms with Gasteiger partial charge >= 0.3 is 0 Å². The lowest BCUT2D eigenvalue weighted by Crippen LogP contribution is -2.55. The van der Waals surface area contributed by atoms with Crippen LogP contribution in [0.5, 0.6) is 0 Å². The van der Waals surface area contributed by atoms with Gasteiger partial charge in [0.25, 0.3) is 10.0 Å². The van der Waals surface area contributed by atoms with E-state index in [4.69, 9.17) is 9.97 Å². The number of nitrogens with zero attached hydrogens (tertiary/aromatic N) is 3. The maximum absolute atomic E-state index is 16.2. The molecule has 3 heterocycles. The van der Waals surface area contributed by atoms with Gasteiger partial charge in [0.05, 0.1) is 33.5 Å². The van der Waals surface area contributed by atoms with E-state index >= 15 is 4.39 Å². The van der Waals surface area contributed by atoms with Crippen molar-refractivity contribution in [3.63, 3.8) is 0 Å². The van der Waals surface area contributed by atoms with Gasteiger partial charge in [0.1, 0.15) is 15.7 Å². The van der Waals surface area contributed by atoms with Gasteiger partial charge < -0.3 is 5.32 Å². The minimum absolute atomic E-state index is 0.00807. The number of anilines is 2. The fourth-order valence-electron chi connectivity index (χ4n) is 7.06. The van der Waals surface area contributed by atoms with E-state index in [2.05, 4.69) is 15.0 Å². The van der Waals surface area contributed by atoms with Crippen LogP contribution < -0.4 is 10.0 Å². The van der Waals surface area contributed by atoms with Crippen LogP contribution in [0.2, 0.25) is 0 Å². The number of halogens is 2. The predicted molar refractivity (Wildman–Crippen MR) is 163 cm³/mol. The minimum atomic E-state index is -4.44. The van der Waals surface area contributed by atoms with Gasteiger partial charge in [0, 0.05) is 23.2 Å². The predicted octanol–water partition coefficient (Wildman–Crippen LogP) is 5.16. The highest BCUT2D eigenvalue weighted by Gasteiger charge is 2.60. The highest BCUT2D eigenvalue weighted by Crippen LogP contribution is 2.66. The summed E-state index contributed by atoms with van der Waals surface area (Å²) in [5.74, 6) is -0.283. The largest absolute Gasteiger partial charge is 0.351 e. The monoisotopic (exact) mass is 655 g/mol. The normalized spacial score (nSPS) is 27.6. The lowest BCUT2D eigenvalue weighted by atomic mass is 9.45. The van der Waals surface area contributed by atoms with E-state index in [-0.39, 0.29) is 51.6 Å². The third-order valence-corrected chi connectivity index (χ3v) is 14.1. The topological polar surface area (TPSA) is 131 Å². The summed E-state index contributed by atoms with van der Waals surface area (Å²) >= 11 is 1.45. The van der Waals surface area contributed by atoms with Crippen LogP contribution in [-0.2, 0) is 25.3 Å². The molecule has 0 spiro atoms. The van der Waals surface area contributed by atoms with Gasteiger partial charge in [0.15, 0.2) is 15.7 Å². The van der Waals surface area contributed by atoms with E-state index in [1.807, 2.05) is 0 Å². The highest BCUT2D eigenvalue weighted by molar-refractivity contribution is 7.92. The minimum Gasteiger partial charge on any atom is -0.351 e. The molecule has 4 aliphatic carbocycles. The first-order valence-corrected chi connectivity index (χ1v) is 18.4. The Morgan fingerprint density at radius 2 is 1.73 bits per heavy atom. The standard InChI is InChI=1S/C30H27F2N5O4S3/c1-15-4-2-6-20(31)27(15)44(40,41)37-21-7-3-5-17(23(21)32)25-26(42-28(35-25)30-10-16(11-30)12-30)22-8-9-33-29(34-22)36-24-18-13-43(38,39)14-19(18)24/h2-9,16,18-19,24,37H,10-14H2,1H3,(H,33,34,36)/t16?,18-,19+,24?,30?. The third-order valence-electron chi connectivity index (χ3n) is 9.46. The van der Waals surface area contributed by atoms with E-state index < -0.39 is 36.4 Å². The average Bonchev–Trinajstić information content (AvgIpc) is 3.21. The van der Waals surface area contributed by atoms with Crippen molar-refractivity contribution in [3.05, 3.63) is 70.9 Å². The summed E-state index contributed by atoms with van der Waals surface area (Å²) in [6.45, 7) is 1.47. The van der Waals surface area contributed by atoms with Gasteiger partial charge in [-0.05, 0) is 73.8 Å². The Morgan fingerprint density at radius 3 is 2.41 bits per heavy atom. The van der Waals surface area contributed by atoms with Crippen molar-refractivity contribution in [2.75, 3.05) is 21.5 Å². The second-order valence-corrected chi connectivity index (χ2v) is 17.2. The smallest absolute Gasteiger partial charge is 0.265 e. The average molecular weight is 656 g/mol. The molecule has 228 valence electrons. The number of hydrogen-bond donors (Lipinski definition) is 2. The first-order chi connectivity index (χ1) is 20.9. The third kappa shape index (κ3) is 4.44. The van der Waals surface area contributed by atoms with Gasteiger partial charge in [-0.25, -0.2) is 40.6 Å². The van der Waals surface area contributed by atoms with E-state index in [0.29, 0.717) is 28.1 Å². The molecule has 9 rings (SSSR count). The van der Waals surface area contributed by atoms with Gasteiger partial charge in [-0.15, -0.1) is 11.3 Å². The molecule has 2 aromatic heterocycles. The Hall–Kier alpha value is -3.49. The highest BCUT2D eigenvalue weighted by atomic mass is 32.2. The quantitative estimate of drug-likeness (QED) is 0.266. The SMILES string of the molecule is Cc1cccc(F)c1S(=O)(=O)Nc1cccc(-c2nc(C34CC(C3)C4)sc2-c2ccnc(NC3[C@H]4CS(=O)(=O)C[C@@H]34)n2)c1F. The molecule has 4 saturated carbocycles. The fourth-order valence-corrected chi connectivity index (χ4v) is 11.9. The van der Waals surface area contributed by atoms with Crippen molar-refractivity contribution >= 4 is 42.8 Å². The number of aryl methyl sites for hydroxylation is 1. The van der Waals surface area contributed by atoms with Gasteiger partial charge in [0.2, 0.25) is 5.95 Å². The van der Waals surface area contributed by atoms with Crippen LogP contribution in [-0.4, -0.2) is 49.3 Å². The number of nitrogens with one attached hydrogen (secondary N) is 2. The van der Waals surface area contributed by atoms with E-state index in [0.717, 1.165) is 30.3 Å². The van der Waals surface area contributed by atoms with Crippen LogP contribution in [0.25, 0.3) is 21.8 Å². The zero-order valence-electron chi connectivity index (χ0n) is 23.4. The number of thiazole rings is 1. The molecular formula is C30H27F2N5O4S3. The van der Waals surface area contributed by atoms with Crippen LogP contribution in [0, 0.1) is 36.3 Å². The maximum atomic E-state index is 16.2. The molecular weight excluding hydrogens is 629 g/mol. The van der Waals surface area contributed by atoms with Crippen molar-refractivity contribution in [2.24, 2.45) is 17.8 Å². The molecule has 44 heavy (non-hydrogen) atoms. The molecule has 2 aromatic carbocycles. The van der Waals surface area contributed by atoms with Crippen molar-refractivity contribution in [1.82, 2.24) is 15.0 Å². The Balaban J connectivity index is 1.16. The second kappa shape index (κ2) is 9.51. The molecule has 2 bridgehead atoms. The molecule has 4 aromatic rings. The Labute approximate surface area is 257 Å². The molecule has 3 atom stereocenters. The molecule has 9 nitrogen and oxygen atoms in total. The molecule has 1 aliphatic heterocycles. The Morgan fingerprint density at radius 1 is 1.00 bits per heavy atom. The van der Waals surface area contributed by atoms with E-state index in [1.54, 1.807) is 12.3 Å². The van der Waals surface area contributed by atoms with Crippen LogP contribution in [0.1, 0.15) is 29.8 Å². The van der Waals surface area contributed by atoms with Crippen molar-refractivity contribution < 1.29 is 25.6 Å². The van der Waals surface area contributed by atoms with E-state index in [1.165, 1.54) is 48.6 Å². The number of sulfone groups is 1. The van der Waals surface area contributed by atoms with Crippen LogP contribution in [0.4, 0.5) is 20.4 Å². The summed E-state index contributed by atoms with van der Waals surface area (Å²) in [5, 5.41) is 4.18. The summed E-state index contributed by atoms with van der Waals surface area (Å²) in [7, 11) is -7.43. The Kier molecular flexibility index (Phi) is 6.05. The molecule has 1 unspecified atom stereocenters.